The third-order valence-electron chi connectivity index (χ3n) is 4.14. The molecule has 0 aliphatic carbocycles. The van der Waals surface area contributed by atoms with Crippen molar-refractivity contribution in [2.24, 2.45) is 0 Å². The topological polar surface area (TPSA) is 75.7 Å². The van der Waals surface area contributed by atoms with Gasteiger partial charge in [0.25, 0.3) is 0 Å². The minimum atomic E-state index is -3.51. The molecule has 0 radical (unpaired) electrons. The number of rotatable bonds is 8. The van der Waals surface area contributed by atoms with Crippen LogP contribution in [0, 0.1) is 0 Å². The SMILES string of the molecule is COc1ccc(NC(=O)CCN(c2ccccc2C(C)C)S(C)(=O)=O)cc1. The van der Waals surface area contributed by atoms with Crippen molar-refractivity contribution in [2.75, 3.05) is 29.5 Å². The van der Waals surface area contributed by atoms with E-state index in [-0.39, 0.29) is 24.8 Å². The molecule has 0 saturated heterocycles. The van der Waals surface area contributed by atoms with Crippen LogP contribution in [0.15, 0.2) is 48.5 Å². The minimum absolute atomic E-state index is 0.0472. The lowest BCUT2D eigenvalue weighted by Crippen LogP contribution is -2.33. The predicted octanol–water partition coefficient (Wildman–Crippen LogP) is 3.61. The van der Waals surface area contributed by atoms with Crippen molar-refractivity contribution in [1.82, 2.24) is 0 Å². The van der Waals surface area contributed by atoms with Gasteiger partial charge in [-0.05, 0) is 41.8 Å². The largest absolute Gasteiger partial charge is 0.497 e. The zero-order valence-electron chi connectivity index (χ0n) is 16.1. The second-order valence-electron chi connectivity index (χ2n) is 6.58. The van der Waals surface area contributed by atoms with Gasteiger partial charge >= 0.3 is 0 Å². The van der Waals surface area contributed by atoms with Crippen molar-refractivity contribution in [3.8, 4) is 5.75 Å². The first-order valence-corrected chi connectivity index (χ1v) is 10.6. The van der Waals surface area contributed by atoms with Crippen LogP contribution in [-0.2, 0) is 14.8 Å². The molecule has 6 nitrogen and oxygen atoms in total. The number of carbonyl (C=O) groups is 1. The Morgan fingerprint density at radius 2 is 1.74 bits per heavy atom. The normalized spacial score (nSPS) is 11.3. The molecular formula is C20H26N2O4S. The van der Waals surface area contributed by atoms with Gasteiger partial charge in [-0.3, -0.25) is 9.10 Å². The summed E-state index contributed by atoms with van der Waals surface area (Å²) in [6, 6.07) is 14.3. The summed E-state index contributed by atoms with van der Waals surface area (Å²) in [7, 11) is -1.94. The lowest BCUT2D eigenvalue weighted by atomic mass is 10.0. The van der Waals surface area contributed by atoms with E-state index in [1.807, 2.05) is 26.0 Å². The lowest BCUT2D eigenvalue weighted by molar-refractivity contribution is -0.116. The van der Waals surface area contributed by atoms with Crippen LogP contribution in [0.2, 0.25) is 0 Å². The fraction of sp³-hybridized carbons (Fsp3) is 0.350. The van der Waals surface area contributed by atoms with Gasteiger partial charge in [0.2, 0.25) is 15.9 Å². The monoisotopic (exact) mass is 390 g/mol. The van der Waals surface area contributed by atoms with Gasteiger partial charge in [-0.25, -0.2) is 8.42 Å². The maximum atomic E-state index is 12.3. The van der Waals surface area contributed by atoms with Crippen LogP contribution < -0.4 is 14.4 Å². The van der Waals surface area contributed by atoms with Crippen LogP contribution in [0.5, 0.6) is 5.75 Å². The number of amides is 1. The van der Waals surface area contributed by atoms with Crippen molar-refractivity contribution in [2.45, 2.75) is 26.2 Å². The number of nitrogens with one attached hydrogen (secondary N) is 1. The molecule has 1 N–H and O–H groups in total. The first kappa shape index (κ1) is 20.8. The highest BCUT2D eigenvalue weighted by molar-refractivity contribution is 7.92. The lowest BCUT2D eigenvalue weighted by Gasteiger charge is -2.26. The third kappa shape index (κ3) is 5.72. The van der Waals surface area contributed by atoms with Crippen molar-refractivity contribution in [3.63, 3.8) is 0 Å². The molecule has 0 unspecified atom stereocenters. The Kier molecular flexibility index (Phi) is 6.85. The van der Waals surface area contributed by atoms with Gasteiger partial charge in [0, 0.05) is 18.7 Å². The highest BCUT2D eigenvalue weighted by atomic mass is 32.2. The van der Waals surface area contributed by atoms with Crippen LogP contribution in [0.25, 0.3) is 0 Å². The zero-order valence-corrected chi connectivity index (χ0v) is 16.9. The molecule has 0 heterocycles. The average molecular weight is 391 g/mol. The number of benzene rings is 2. The van der Waals surface area contributed by atoms with Gasteiger partial charge < -0.3 is 10.1 Å². The van der Waals surface area contributed by atoms with Crippen molar-refractivity contribution in [3.05, 3.63) is 54.1 Å². The molecule has 0 aromatic heterocycles. The summed E-state index contributed by atoms with van der Waals surface area (Å²) in [5, 5.41) is 2.77. The molecule has 1 amide bonds. The van der Waals surface area contributed by atoms with Crippen molar-refractivity contribution in [1.29, 1.82) is 0 Å². The molecule has 0 aliphatic rings. The fourth-order valence-corrected chi connectivity index (χ4v) is 3.72. The number of ether oxygens (including phenoxy) is 1. The summed E-state index contributed by atoms with van der Waals surface area (Å²) in [6.07, 6.45) is 1.21. The molecule has 0 spiro atoms. The smallest absolute Gasteiger partial charge is 0.232 e. The summed E-state index contributed by atoms with van der Waals surface area (Å²) in [6.45, 7) is 4.09. The molecule has 0 atom stereocenters. The number of hydrogen-bond acceptors (Lipinski definition) is 4. The number of methoxy groups -OCH3 is 1. The Labute approximate surface area is 161 Å². The highest BCUT2D eigenvalue weighted by Crippen LogP contribution is 2.29. The Balaban J connectivity index is 2.12. The summed E-state index contributed by atoms with van der Waals surface area (Å²) in [4.78, 5) is 12.3. The molecule has 2 aromatic rings. The Morgan fingerprint density at radius 3 is 2.30 bits per heavy atom. The number of nitrogens with zero attached hydrogens (tertiary/aromatic N) is 1. The molecule has 0 aliphatic heterocycles. The van der Waals surface area contributed by atoms with Crippen LogP contribution >= 0.6 is 0 Å². The van der Waals surface area contributed by atoms with Crippen LogP contribution in [0.1, 0.15) is 31.7 Å². The predicted molar refractivity (Wildman–Crippen MR) is 109 cm³/mol. The number of hydrogen-bond donors (Lipinski definition) is 1. The van der Waals surface area contributed by atoms with Crippen LogP contribution in [0.3, 0.4) is 0 Å². The Hall–Kier alpha value is -2.54. The first-order chi connectivity index (χ1) is 12.7. The van der Waals surface area contributed by atoms with Gasteiger partial charge in [-0.2, -0.15) is 0 Å². The fourth-order valence-electron chi connectivity index (χ4n) is 2.77. The Bertz CT molecular complexity index is 877. The van der Waals surface area contributed by atoms with Crippen LogP contribution in [-0.4, -0.2) is 34.2 Å². The summed E-state index contributed by atoms with van der Waals surface area (Å²) >= 11 is 0. The molecule has 7 heteroatoms. The van der Waals surface area contributed by atoms with Gasteiger partial charge in [0.05, 0.1) is 19.1 Å². The van der Waals surface area contributed by atoms with Gasteiger partial charge in [0.15, 0.2) is 0 Å². The first-order valence-electron chi connectivity index (χ1n) is 8.73. The standard InChI is InChI=1S/C20H26N2O4S/c1-15(2)18-7-5-6-8-19(18)22(27(4,24)25)14-13-20(23)21-16-9-11-17(26-3)12-10-16/h5-12,15H,13-14H2,1-4H3,(H,21,23). The molecule has 27 heavy (non-hydrogen) atoms. The van der Waals surface area contributed by atoms with E-state index in [1.165, 1.54) is 4.31 Å². The second kappa shape index (κ2) is 8.90. The van der Waals surface area contributed by atoms with Gasteiger partial charge in [-0.1, -0.05) is 32.0 Å². The molecule has 0 saturated carbocycles. The number of anilines is 2. The number of para-hydroxylation sites is 1. The number of sulfonamides is 1. The van der Waals surface area contributed by atoms with E-state index in [9.17, 15) is 13.2 Å². The highest BCUT2D eigenvalue weighted by Gasteiger charge is 2.22. The van der Waals surface area contributed by atoms with E-state index in [0.29, 0.717) is 17.1 Å². The zero-order chi connectivity index (χ0) is 20.0. The Morgan fingerprint density at radius 1 is 1.11 bits per heavy atom. The summed E-state index contributed by atoms with van der Waals surface area (Å²) < 4.78 is 31.0. The molecular weight excluding hydrogens is 364 g/mol. The van der Waals surface area contributed by atoms with Crippen molar-refractivity contribution < 1.29 is 17.9 Å². The molecule has 146 valence electrons. The minimum Gasteiger partial charge on any atom is -0.497 e. The van der Waals surface area contributed by atoms with E-state index in [4.69, 9.17) is 4.74 Å². The van der Waals surface area contributed by atoms with E-state index in [0.717, 1.165) is 11.8 Å². The summed E-state index contributed by atoms with van der Waals surface area (Å²) in [5.74, 6) is 0.607. The van der Waals surface area contributed by atoms with Gasteiger partial charge in [0.1, 0.15) is 5.75 Å². The third-order valence-corrected chi connectivity index (χ3v) is 5.32. The van der Waals surface area contributed by atoms with Crippen molar-refractivity contribution >= 4 is 27.3 Å². The number of carbonyl (C=O) groups excluding carboxylic acids is 1. The van der Waals surface area contributed by atoms with E-state index >= 15 is 0 Å². The molecule has 0 bridgehead atoms. The van der Waals surface area contributed by atoms with E-state index < -0.39 is 10.0 Å². The maximum Gasteiger partial charge on any atom is 0.232 e. The van der Waals surface area contributed by atoms with E-state index in [1.54, 1.807) is 43.5 Å². The van der Waals surface area contributed by atoms with E-state index in [2.05, 4.69) is 5.32 Å². The second-order valence-corrected chi connectivity index (χ2v) is 8.48. The molecule has 2 aromatic carbocycles. The summed E-state index contributed by atoms with van der Waals surface area (Å²) in [5.41, 5.74) is 2.18. The van der Waals surface area contributed by atoms with Gasteiger partial charge in [-0.15, -0.1) is 0 Å². The maximum absolute atomic E-state index is 12.3. The molecule has 2 rings (SSSR count). The quantitative estimate of drug-likeness (QED) is 0.747. The van der Waals surface area contributed by atoms with Crippen LogP contribution in [0.4, 0.5) is 11.4 Å². The average Bonchev–Trinajstić information content (AvgIpc) is 2.61. The molecule has 0 fully saturated rings.